The standard InChI is InChI=1S/C27H24BrN5O4/c1-16(32(2)27(35)30-18-9-7-8-17(12-18)15-29)25-31-21-11-6-5-10-20(21)26(34)33(25)22-13-19(36-3)14-23(37-4)24(22)28/h5-14,16H,1-4H3,(H,30,35). The van der Waals surface area contributed by atoms with Crippen LogP contribution in [0.1, 0.15) is 24.4 Å². The van der Waals surface area contributed by atoms with Crippen LogP contribution in [0.4, 0.5) is 10.5 Å². The average Bonchev–Trinajstić information content (AvgIpc) is 2.92. The van der Waals surface area contributed by atoms with Gasteiger partial charge in [0, 0.05) is 24.9 Å². The van der Waals surface area contributed by atoms with Gasteiger partial charge in [-0.1, -0.05) is 18.2 Å². The van der Waals surface area contributed by atoms with Crippen molar-refractivity contribution in [2.24, 2.45) is 0 Å². The van der Waals surface area contributed by atoms with Gasteiger partial charge < -0.3 is 19.7 Å². The van der Waals surface area contributed by atoms with Gasteiger partial charge in [0.1, 0.15) is 17.3 Å². The highest BCUT2D eigenvalue weighted by Crippen LogP contribution is 2.36. The first kappa shape index (κ1) is 25.7. The molecule has 1 N–H and O–H groups in total. The fourth-order valence-electron chi connectivity index (χ4n) is 3.88. The number of aromatic nitrogens is 2. The summed E-state index contributed by atoms with van der Waals surface area (Å²) in [4.78, 5) is 33.2. The van der Waals surface area contributed by atoms with Crippen molar-refractivity contribution in [3.05, 3.63) is 86.9 Å². The van der Waals surface area contributed by atoms with Crippen molar-refractivity contribution in [2.45, 2.75) is 13.0 Å². The second-order valence-electron chi connectivity index (χ2n) is 8.20. The minimum Gasteiger partial charge on any atom is -0.497 e. The predicted molar refractivity (Wildman–Crippen MR) is 144 cm³/mol. The normalized spacial score (nSPS) is 11.5. The molecule has 3 aromatic carbocycles. The molecule has 0 saturated carbocycles. The van der Waals surface area contributed by atoms with E-state index < -0.39 is 12.1 Å². The molecule has 0 fully saturated rings. The molecule has 37 heavy (non-hydrogen) atoms. The molecular weight excluding hydrogens is 538 g/mol. The van der Waals surface area contributed by atoms with Crippen LogP contribution in [0.5, 0.6) is 11.5 Å². The highest BCUT2D eigenvalue weighted by Gasteiger charge is 2.26. The smallest absolute Gasteiger partial charge is 0.322 e. The minimum atomic E-state index is -0.638. The largest absolute Gasteiger partial charge is 0.497 e. The minimum absolute atomic E-state index is 0.306. The molecule has 0 aliphatic rings. The molecule has 1 heterocycles. The van der Waals surface area contributed by atoms with Crippen molar-refractivity contribution < 1.29 is 14.3 Å². The van der Waals surface area contributed by atoms with Gasteiger partial charge in [-0.05, 0) is 53.2 Å². The summed E-state index contributed by atoms with van der Waals surface area (Å²) < 4.78 is 12.9. The predicted octanol–water partition coefficient (Wildman–Crippen LogP) is 5.26. The van der Waals surface area contributed by atoms with E-state index in [0.717, 1.165) is 0 Å². The maximum Gasteiger partial charge on any atom is 0.322 e. The molecule has 1 atom stereocenters. The Morgan fingerprint density at radius 3 is 2.59 bits per heavy atom. The number of hydrogen-bond acceptors (Lipinski definition) is 6. The van der Waals surface area contributed by atoms with E-state index in [9.17, 15) is 9.59 Å². The molecule has 1 aromatic heterocycles. The fourth-order valence-corrected chi connectivity index (χ4v) is 4.45. The first-order chi connectivity index (χ1) is 17.8. The van der Waals surface area contributed by atoms with Crippen molar-refractivity contribution in [1.29, 1.82) is 5.26 Å². The van der Waals surface area contributed by atoms with Gasteiger partial charge in [-0.25, -0.2) is 9.78 Å². The summed E-state index contributed by atoms with van der Waals surface area (Å²) in [5.74, 6) is 1.29. The van der Waals surface area contributed by atoms with E-state index in [-0.39, 0.29) is 5.56 Å². The highest BCUT2D eigenvalue weighted by atomic mass is 79.9. The number of urea groups is 1. The van der Waals surface area contributed by atoms with Crippen molar-refractivity contribution in [3.8, 4) is 23.3 Å². The number of halogens is 1. The summed E-state index contributed by atoms with van der Waals surface area (Å²) in [6.07, 6.45) is 0. The van der Waals surface area contributed by atoms with Crippen molar-refractivity contribution in [3.63, 3.8) is 0 Å². The van der Waals surface area contributed by atoms with E-state index in [1.54, 1.807) is 74.6 Å². The second-order valence-corrected chi connectivity index (χ2v) is 8.99. The fraction of sp³-hybridized carbons (Fsp3) is 0.185. The van der Waals surface area contributed by atoms with Crippen LogP contribution in [0, 0.1) is 11.3 Å². The molecule has 0 spiro atoms. The molecule has 0 bridgehead atoms. The number of anilines is 1. The molecule has 2 amide bonds. The zero-order valence-corrected chi connectivity index (χ0v) is 22.2. The Kier molecular flexibility index (Phi) is 7.45. The first-order valence-electron chi connectivity index (χ1n) is 11.3. The van der Waals surface area contributed by atoms with Crippen LogP contribution < -0.4 is 20.3 Å². The average molecular weight is 562 g/mol. The number of hydrogen-bond donors (Lipinski definition) is 1. The number of ether oxygens (including phenoxy) is 2. The van der Waals surface area contributed by atoms with Gasteiger partial charge in [-0.3, -0.25) is 9.36 Å². The third-order valence-corrected chi connectivity index (χ3v) is 6.81. The molecule has 10 heteroatoms. The van der Waals surface area contributed by atoms with Crippen LogP contribution in [0.25, 0.3) is 16.6 Å². The summed E-state index contributed by atoms with van der Waals surface area (Å²) >= 11 is 3.56. The summed E-state index contributed by atoms with van der Waals surface area (Å²) in [5, 5.41) is 12.4. The molecule has 1 unspecified atom stereocenters. The van der Waals surface area contributed by atoms with E-state index in [2.05, 4.69) is 27.3 Å². The van der Waals surface area contributed by atoms with Crippen molar-refractivity contribution in [1.82, 2.24) is 14.5 Å². The van der Waals surface area contributed by atoms with Crippen LogP contribution >= 0.6 is 15.9 Å². The zero-order chi connectivity index (χ0) is 26.7. The highest BCUT2D eigenvalue weighted by molar-refractivity contribution is 9.10. The van der Waals surface area contributed by atoms with Gasteiger partial charge in [-0.2, -0.15) is 5.26 Å². The number of nitriles is 1. The van der Waals surface area contributed by atoms with Crippen LogP contribution in [0.15, 0.2) is 69.9 Å². The number of rotatable bonds is 6. The van der Waals surface area contributed by atoms with Gasteiger partial charge in [0.15, 0.2) is 0 Å². The van der Waals surface area contributed by atoms with E-state index in [1.807, 2.05) is 0 Å². The van der Waals surface area contributed by atoms with Gasteiger partial charge in [-0.15, -0.1) is 0 Å². The molecule has 9 nitrogen and oxygen atoms in total. The van der Waals surface area contributed by atoms with E-state index in [0.29, 0.717) is 49.6 Å². The SMILES string of the molecule is COc1cc(OC)c(Br)c(-n2c(C(C)N(C)C(=O)Nc3cccc(C#N)c3)nc3ccccc3c2=O)c1. The summed E-state index contributed by atoms with van der Waals surface area (Å²) in [6, 6.07) is 18.0. The number of nitrogens with one attached hydrogen (secondary N) is 1. The summed E-state index contributed by atoms with van der Waals surface area (Å²) in [6.45, 7) is 1.78. The third-order valence-electron chi connectivity index (χ3n) is 6.01. The van der Waals surface area contributed by atoms with Crippen LogP contribution in [-0.2, 0) is 0 Å². The quantitative estimate of drug-likeness (QED) is 0.343. The second kappa shape index (κ2) is 10.7. The molecule has 0 saturated heterocycles. The number of amides is 2. The molecule has 188 valence electrons. The Balaban J connectivity index is 1.86. The van der Waals surface area contributed by atoms with Crippen molar-refractivity contribution in [2.75, 3.05) is 26.6 Å². The third kappa shape index (κ3) is 4.99. The molecule has 0 aliphatic heterocycles. The van der Waals surface area contributed by atoms with Crippen LogP contribution in [0.2, 0.25) is 0 Å². The lowest BCUT2D eigenvalue weighted by Gasteiger charge is -2.27. The van der Waals surface area contributed by atoms with Gasteiger partial charge >= 0.3 is 6.03 Å². The lowest BCUT2D eigenvalue weighted by Crippen LogP contribution is -2.37. The first-order valence-corrected chi connectivity index (χ1v) is 12.1. The molecule has 0 radical (unpaired) electrons. The number of methoxy groups -OCH3 is 2. The monoisotopic (exact) mass is 561 g/mol. The topological polar surface area (TPSA) is 109 Å². The lowest BCUT2D eigenvalue weighted by atomic mass is 10.2. The summed E-state index contributed by atoms with van der Waals surface area (Å²) in [7, 11) is 4.66. The number of fused-ring (bicyclic) bond motifs is 1. The van der Waals surface area contributed by atoms with Crippen LogP contribution in [-0.4, -0.2) is 41.7 Å². The number of carbonyl (C=O) groups is 1. The molecule has 4 rings (SSSR count). The lowest BCUT2D eigenvalue weighted by molar-refractivity contribution is 0.205. The number of benzene rings is 3. The number of para-hydroxylation sites is 1. The Morgan fingerprint density at radius 1 is 1.14 bits per heavy atom. The number of carbonyl (C=O) groups excluding carboxylic acids is 1. The Bertz CT molecular complexity index is 1590. The number of nitrogens with zero attached hydrogens (tertiary/aromatic N) is 4. The van der Waals surface area contributed by atoms with Crippen molar-refractivity contribution >= 4 is 38.6 Å². The summed E-state index contributed by atoms with van der Waals surface area (Å²) in [5.41, 5.74) is 1.56. The van der Waals surface area contributed by atoms with Gasteiger partial charge in [0.05, 0.1) is 53.0 Å². The molecule has 4 aromatic rings. The van der Waals surface area contributed by atoms with Crippen LogP contribution in [0.3, 0.4) is 0 Å². The molecular formula is C27H24BrN5O4. The maximum absolute atomic E-state index is 13.8. The van der Waals surface area contributed by atoms with E-state index >= 15 is 0 Å². The molecule has 0 aliphatic carbocycles. The van der Waals surface area contributed by atoms with Gasteiger partial charge in [0.25, 0.3) is 5.56 Å². The van der Waals surface area contributed by atoms with E-state index in [4.69, 9.17) is 19.7 Å². The Morgan fingerprint density at radius 2 is 1.89 bits per heavy atom. The Hall–Kier alpha value is -4.36. The Labute approximate surface area is 222 Å². The van der Waals surface area contributed by atoms with Gasteiger partial charge in [0.2, 0.25) is 0 Å². The van der Waals surface area contributed by atoms with E-state index in [1.165, 1.54) is 23.7 Å². The zero-order valence-electron chi connectivity index (χ0n) is 20.7. The maximum atomic E-state index is 13.8.